The minimum Gasteiger partial charge on any atom is -0.375 e. The fourth-order valence-electron chi connectivity index (χ4n) is 5.44. The second-order valence-corrected chi connectivity index (χ2v) is 9.97. The van der Waals surface area contributed by atoms with Gasteiger partial charge in [0.25, 0.3) is 5.95 Å². The number of piperidine rings is 1. The molecular formula is C25H33FN6O3. The molecule has 0 unspecified atom stereocenters. The van der Waals surface area contributed by atoms with Crippen LogP contribution in [0.3, 0.4) is 0 Å². The Morgan fingerprint density at radius 1 is 1.23 bits per heavy atom. The first-order chi connectivity index (χ1) is 16.9. The highest BCUT2D eigenvalue weighted by Crippen LogP contribution is 2.29. The third kappa shape index (κ3) is 4.81. The van der Waals surface area contributed by atoms with E-state index in [9.17, 15) is 9.18 Å². The Morgan fingerprint density at radius 3 is 2.77 bits per heavy atom. The van der Waals surface area contributed by atoms with Crippen LogP contribution in [0.5, 0.6) is 0 Å². The van der Waals surface area contributed by atoms with Gasteiger partial charge in [0.05, 0.1) is 5.69 Å². The van der Waals surface area contributed by atoms with E-state index in [1.807, 2.05) is 24.8 Å². The van der Waals surface area contributed by atoms with Crippen LogP contribution in [0.15, 0.2) is 22.7 Å². The van der Waals surface area contributed by atoms with Gasteiger partial charge in [-0.3, -0.25) is 9.69 Å². The van der Waals surface area contributed by atoms with Gasteiger partial charge < -0.3 is 14.2 Å². The number of hydrogen-bond donors (Lipinski definition) is 0. The molecular weight excluding hydrogens is 451 g/mol. The lowest BCUT2D eigenvalue weighted by molar-refractivity contribution is -0.136. The maximum Gasteiger partial charge on any atom is 0.291 e. The number of fused-ring (bicyclic) bond motifs is 1. The summed E-state index contributed by atoms with van der Waals surface area (Å²) in [5.74, 6) is 1.11. The minimum atomic E-state index is -0.352. The number of carbonyl (C=O) groups is 1. The predicted octanol–water partition coefficient (Wildman–Crippen LogP) is 3.17. The van der Waals surface area contributed by atoms with Crippen molar-refractivity contribution in [3.8, 4) is 5.95 Å². The number of methoxy groups -OCH3 is 1. The van der Waals surface area contributed by atoms with E-state index in [4.69, 9.17) is 9.26 Å². The summed E-state index contributed by atoms with van der Waals surface area (Å²) in [7, 11) is 1.56. The summed E-state index contributed by atoms with van der Waals surface area (Å²) < 4.78 is 26.7. The van der Waals surface area contributed by atoms with Crippen LogP contribution in [0.4, 0.5) is 4.39 Å². The molecule has 0 aliphatic carbocycles. The molecule has 0 saturated carbocycles. The third-order valence-electron chi connectivity index (χ3n) is 7.26. The van der Waals surface area contributed by atoms with E-state index in [2.05, 4.69) is 20.1 Å². The quantitative estimate of drug-likeness (QED) is 0.509. The van der Waals surface area contributed by atoms with Crippen LogP contribution in [0.1, 0.15) is 50.6 Å². The van der Waals surface area contributed by atoms with Crippen molar-refractivity contribution in [2.75, 3.05) is 39.9 Å². The molecule has 0 N–H and O–H groups in total. The molecule has 0 bridgehead atoms. The topological polar surface area (TPSA) is 89.5 Å². The van der Waals surface area contributed by atoms with Gasteiger partial charge in [0, 0.05) is 44.6 Å². The first-order valence-corrected chi connectivity index (χ1v) is 12.5. The van der Waals surface area contributed by atoms with Crippen molar-refractivity contribution in [3.63, 3.8) is 0 Å². The number of benzene rings is 1. The maximum absolute atomic E-state index is 14.7. The largest absolute Gasteiger partial charge is 0.375 e. The van der Waals surface area contributed by atoms with Gasteiger partial charge in [0.1, 0.15) is 17.9 Å². The van der Waals surface area contributed by atoms with Gasteiger partial charge in [-0.2, -0.15) is 14.8 Å². The number of rotatable bonds is 7. The van der Waals surface area contributed by atoms with Crippen molar-refractivity contribution in [3.05, 3.63) is 35.6 Å². The summed E-state index contributed by atoms with van der Waals surface area (Å²) in [6.07, 6.45) is 3.73. The van der Waals surface area contributed by atoms with Gasteiger partial charge in [0.2, 0.25) is 11.8 Å². The van der Waals surface area contributed by atoms with Crippen molar-refractivity contribution in [2.24, 2.45) is 5.92 Å². The fourth-order valence-corrected chi connectivity index (χ4v) is 5.44. The molecule has 4 heterocycles. The van der Waals surface area contributed by atoms with E-state index >= 15 is 0 Å². The number of amides is 1. The van der Waals surface area contributed by atoms with E-state index < -0.39 is 0 Å². The summed E-state index contributed by atoms with van der Waals surface area (Å²) >= 11 is 0. The molecule has 1 aromatic carbocycles. The summed E-state index contributed by atoms with van der Waals surface area (Å²) in [5.41, 5.74) is 1.19. The summed E-state index contributed by atoms with van der Waals surface area (Å²) in [6, 6.07) is 5.50. The number of ether oxygens (including phenoxy) is 1. The lowest BCUT2D eigenvalue weighted by Crippen LogP contribution is -2.47. The van der Waals surface area contributed by atoms with Gasteiger partial charge in [0.15, 0.2) is 0 Å². The molecule has 2 fully saturated rings. The van der Waals surface area contributed by atoms with Crippen LogP contribution >= 0.6 is 0 Å². The number of hydrogen-bond acceptors (Lipinski definition) is 7. The van der Waals surface area contributed by atoms with Crippen molar-refractivity contribution in [1.29, 1.82) is 0 Å². The monoisotopic (exact) mass is 484 g/mol. The summed E-state index contributed by atoms with van der Waals surface area (Å²) in [4.78, 5) is 21.1. The first kappa shape index (κ1) is 23.9. The average molecular weight is 485 g/mol. The van der Waals surface area contributed by atoms with E-state index in [0.29, 0.717) is 29.8 Å². The fraction of sp³-hybridized carbons (Fsp3) is 0.600. The number of halogens is 1. The van der Waals surface area contributed by atoms with Gasteiger partial charge in [-0.15, -0.1) is 0 Å². The van der Waals surface area contributed by atoms with Crippen molar-refractivity contribution in [1.82, 2.24) is 29.7 Å². The third-order valence-corrected chi connectivity index (χ3v) is 7.26. The zero-order chi connectivity index (χ0) is 24.5. The number of carbonyl (C=O) groups excluding carboxylic acids is 1. The van der Waals surface area contributed by atoms with Gasteiger partial charge in [-0.05, 0) is 48.9 Å². The highest BCUT2D eigenvalue weighted by atomic mass is 19.1. The molecule has 9 nitrogen and oxygen atoms in total. The lowest BCUT2D eigenvalue weighted by atomic mass is 10.0. The Morgan fingerprint density at radius 2 is 2.03 bits per heavy atom. The molecule has 10 heteroatoms. The molecule has 1 atom stereocenters. The Labute approximate surface area is 204 Å². The Balaban J connectivity index is 1.22. The molecule has 1 amide bonds. The zero-order valence-corrected chi connectivity index (χ0v) is 20.6. The van der Waals surface area contributed by atoms with Crippen LogP contribution in [0.2, 0.25) is 0 Å². The van der Waals surface area contributed by atoms with E-state index in [0.717, 1.165) is 56.5 Å². The van der Waals surface area contributed by atoms with E-state index in [1.54, 1.807) is 13.2 Å². The number of aromatic nitrogens is 4. The smallest absolute Gasteiger partial charge is 0.291 e. The van der Waals surface area contributed by atoms with E-state index in [-0.39, 0.29) is 30.2 Å². The molecule has 0 radical (unpaired) electrons. The molecule has 3 aromatic rings. The van der Waals surface area contributed by atoms with Gasteiger partial charge in [-0.1, -0.05) is 26.0 Å². The van der Waals surface area contributed by atoms with Crippen molar-refractivity contribution in [2.45, 2.75) is 51.5 Å². The van der Waals surface area contributed by atoms with Crippen molar-refractivity contribution < 1.29 is 18.4 Å². The van der Waals surface area contributed by atoms with Gasteiger partial charge in [-0.25, -0.2) is 4.39 Å². The molecule has 2 saturated heterocycles. The Hall–Kier alpha value is -2.85. The molecule has 188 valence electrons. The second-order valence-electron chi connectivity index (χ2n) is 9.97. The number of nitrogens with zero attached hydrogens (tertiary/aromatic N) is 6. The van der Waals surface area contributed by atoms with Crippen LogP contribution in [0, 0.1) is 11.7 Å². The van der Waals surface area contributed by atoms with Gasteiger partial charge >= 0.3 is 0 Å². The Bertz CT molecular complexity index is 1180. The normalized spacial score (nSPS) is 19.9. The zero-order valence-electron chi connectivity index (χ0n) is 20.6. The Kier molecular flexibility index (Phi) is 6.84. The average Bonchev–Trinajstić information content (AvgIpc) is 3.58. The van der Waals surface area contributed by atoms with Crippen LogP contribution < -0.4 is 0 Å². The molecule has 5 rings (SSSR count). The molecule has 0 spiro atoms. The van der Waals surface area contributed by atoms with E-state index in [1.165, 1.54) is 10.7 Å². The van der Waals surface area contributed by atoms with Crippen LogP contribution in [-0.2, 0) is 16.0 Å². The lowest BCUT2D eigenvalue weighted by Gasteiger charge is -2.36. The number of para-hydroxylation sites is 1. The SMILES string of the molecule is COCC(=O)N1CCC(N2CC[C@H](Cc3nc(-n4nc(C(C)C)c5cccc(F)c54)no3)C2)CC1. The standard InChI is InChI=1S/C25H33FN6O3/c1-16(2)23-19-5-4-6-20(26)24(19)32(28-23)25-27-21(35-29-25)13-17-7-10-31(14-17)18-8-11-30(12-9-18)22(33)15-34-3/h4-6,16-18H,7-15H2,1-3H3/t17-/m1/s1. The minimum absolute atomic E-state index is 0.0720. The second kappa shape index (κ2) is 10.0. The molecule has 2 aliphatic rings. The molecule has 2 aliphatic heterocycles. The number of likely N-dealkylation sites (tertiary alicyclic amines) is 2. The summed E-state index contributed by atoms with van der Waals surface area (Å²) in [6.45, 7) is 7.81. The molecule has 2 aromatic heterocycles. The molecule has 35 heavy (non-hydrogen) atoms. The van der Waals surface area contributed by atoms with Crippen LogP contribution in [-0.4, -0.2) is 81.6 Å². The predicted molar refractivity (Wildman–Crippen MR) is 128 cm³/mol. The maximum atomic E-state index is 14.7. The van der Waals surface area contributed by atoms with Crippen LogP contribution in [0.25, 0.3) is 16.9 Å². The summed E-state index contributed by atoms with van der Waals surface area (Å²) in [5, 5.41) is 9.51. The first-order valence-electron chi connectivity index (χ1n) is 12.5. The highest BCUT2D eigenvalue weighted by molar-refractivity contribution is 5.84. The van der Waals surface area contributed by atoms with Crippen molar-refractivity contribution >= 4 is 16.8 Å². The highest BCUT2D eigenvalue weighted by Gasteiger charge is 2.32.